The van der Waals surface area contributed by atoms with Gasteiger partial charge in [0, 0.05) is 18.6 Å². The van der Waals surface area contributed by atoms with Gasteiger partial charge in [-0.05, 0) is 18.4 Å². The summed E-state index contributed by atoms with van der Waals surface area (Å²) in [4.78, 5) is 12.8. The van der Waals surface area contributed by atoms with Crippen LogP contribution in [0.15, 0.2) is 29.2 Å². The van der Waals surface area contributed by atoms with Crippen LogP contribution in [-0.4, -0.2) is 43.6 Å². The van der Waals surface area contributed by atoms with Gasteiger partial charge in [-0.15, -0.1) is 11.8 Å². The number of aliphatic hydroxyl groups is 1. The average Bonchev–Trinajstić information content (AvgIpc) is 2.36. The Morgan fingerprint density at radius 3 is 2.88 bits per heavy atom. The summed E-state index contributed by atoms with van der Waals surface area (Å²) in [7, 11) is 1.51. The molecule has 0 aromatic heterocycles. The molecule has 5 heteroatoms. The lowest BCUT2D eigenvalue weighted by molar-refractivity contribution is 0.0609. The van der Waals surface area contributed by atoms with Crippen molar-refractivity contribution < 1.29 is 14.6 Å². The topological polar surface area (TPSA) is 58.6 Å². The number of ether oxygens (including phenoxy) is 1. The smallest absolute Gasteiger partial charge is 0.252 e. The molecule has 0 aliphatic rings. The Kier molecular flexibility index (Phi) is 6.04. The number of carbonyl (C=O) groups excluding carboxylic acids is 1. The molecule has 0 aliphatic heterocycles. The molecule has 0 bridgehead atoms. The third kappa shape index (κ3) is 4.38. The van der Waals surface area contributed by atoms with Crippen LogP contribution in [-0.2, 0) is 4.74 Å². The third-order valence-corrected chi connectivity index (χ3v) is 3.00. The quantitative estimate of drug-likeness (QED) is 0.749. The molecule has 4 nitrogen and oxygen atoms in total. The molecule has 0 saturated carbocycles. The van der Waals surface area contributed by atoms with E-state index in [9.17, 15) is 9.90 Å². The monoisotopic (exact) mass is 255 g/mol. The van der Waals surface area contributed by atoms with Crippen LogP contribution in [0.3, 0.4) is 0 Å². The molecule has 0 aliphatic carbocycles. The maximum atomic E-state index is 11.9. The van der Waals surface area contributed by atoms with Gasteiger partial charge in [0.2, 0.25) is 0 Å². The molecule has 1 aromatic carbocycles. The van der Waals surface area contributed by atoms with Crippen LogP contribution in [0.4, 0.5) is 0 Å². The Labute approximate surface area is 105 Å². The molecule has 17 heavy (non-hydrogen) atoms. The first kappa shape index (κ1) is 14.0. The normalized spacial score (nSPS) is 12.2. The molecule has 1 aromatic rings. The van der Waals surface area contributed by atoms with Gasteiger partial charge in [-0.25, -0.2) is 0 Å². The van der Waals surface area contributed by atoms with E-state index in [1.807, 2.05) is 24.5 Å². The van der Waals surface area contributed by atoms with Crippen molar-refractivity contribution in [1.29, 1.82) is 0 Å². The SMILES string of the molecule is COCC(O)CNC(=O)c1ccccc1SC. The maximum absolute atomic E-state index is 11.9. The summed E-state index contributed by atoms with van der Waals surface area (Å²) in [6.07, 6.45) is 1.25. The summed E-state index contributed by atoms with van der Waals surface area (Å²) in [6, 6.07) is 7.37. The first-order valence-corrected chi connectivity index (χ1v) is 6.49. The van der Waals surface area contributed by atoms with Crippen LogP contribution in [0.2, 0.25) is 0 Å². The van der Waals surface area contributed by atoms with E-state index < -0.39 is 6.10 Å². The van der Waals surface area contributed by atoms with E-state index in [1.165, 1.54) is 18.9 Å². The van der Waals surface area contributed by atoms with Crippen LogP contribution < -0.4 is 5.32 Å². The zero-order chi connectivity index (χ0) is 12.7. The zero-order valence-corrected chi connectivity index (χ0v) is 10.8. The van der Waals surface area contributed by atoms with E-state index in [0.717, 1.165) is 4.90 Å². The maximum Gasteiger partial charge on any atom is 0.252 e. The van der Waals surface area contributed by atoms with Crippen molar-refractivity contribution in [3.8, 4) is 0 Å². The number of hydrogen-bond donors (Lipinski definition) is 2. The first-order chi connectivity index (χ1) is 8.19. The molecule has 0 spiro atoms. The second-order valence-corrected chi connectivity index (χ2v) is 4.37. The molecule has 2 N–H and O–H groups in total. The van der Waals surface area contributed by atoms with Gasteiger partial charge in [-0.2, -0.15) is 0 Å². The van der Waals surface area contributed by atoms with E-state index in [2.05, 4.69) is 5.32 Å². The summed E-state index contributed by atoms with van der Waals surface area (Å²) >= 11 is 1.52. The summed E-state index contributed by atoms with van der Waals surface area (Å²) < 4.78 is 4.78. The number of carbonyl (C=O) groups is 1. The lowest BCUT2D eigenvalue weighted by atomic mass is 10.2. The van der Waals surface area contributed by atoms with Gasteiger partial charge < -0.3 is 15.2 Å². The van der Waals surface area contributed by atoms with Gasteiger partial charge in [-0.1, -0.05) is 12.1 Å². The fraction of sp³-hybridized carbons (Fsp3) is 0.417. The fourth-order valence-electron chi connectivity index (χ4n) is 1.39. The minimum Gasteiger partial charge on any atom is -0.389 e. The number of aliphatic hydroxyl groups excluding tert-OH is 1. The minimum atomic E-state index is -0.676. The molecule has 0 heterocycles. The number of amides is 1. The lowest BCUT2D eigenvalue weighted by Crippen LogP contribution is -2.34. The number of thioether (sulfide) groups is 1. The van der Waals surface area contributed by atoms with Crippen LogP contribution in [0, 0.1) is 0 Å². The fourth-order valence-corrected chi connectivity index (χ4v) is 1.98. The van der Waals surface area contributed by atoms with Crippen molar-refractivity contribution in [3.05, 3.63) is 29.8 Å². The summed E-state index contributed by atoms with van der Waals surface area (Å²) in [6.45, 7) is 0.403. The van der Waals surface area contributed by atoms with Crippen molar-refractivity contribution in [3.63, 3.8) is 0 Å². The molecule has 0 fully saturated rings. The summed E-state index contributed by atoms with van der Waals surface area (Å²) in [5.41, 5.74) is 0.629. The van der Waals surface area contributed by atoms with E-state index in [4.69, 9.17) is 4.74 Å². The lowest BCUT2D eigenvalue weighted by Gasteiger charge is -2.12. The Hall–Kier alpha value is -1.04. The zero-order valence-electron chi connectivity index (χ0n) is 9.97. The molecule has 0 radical (unpaired) electrons. The summed E-state index contributed by atoms with van der Waals surface area (Å²) in [5, 5.41) is 12.1. The second kappa shape index (κ2) is 7.32. The molecule has 1 unspecified atom stereocenters. The van der Waals surface area contributed by atoms with Gasteiger partial charge >= 0.3 is 0 Å². The highest BCUT2D eigenvalue weighted by molar-refractivity contribution is 7.98. The Bertz CT molecular complexity index is 371. The number of nitrogens with one attached hydrogen (secondary N) is 1. The number of rotatable bonds is 6. The van der Waals surface area contributed by atoms with Gasteiger partial charge in [0.25, 0.3) is 5.91 Å². The van der Waals surface area contributed by atoms with Crippen LogP contribution in [0.5, 0.6) is 0 Å². The van der Waals surface area contributed by atoms with Crippen LogP contribution in [0.1, 0.15) is 10.4 Å². The summed E-state index contributed by atoms with van der Waals surface area (Å²) in [5.74, 6) is -0.176. The van der Waals surface area contributed by atoms with Crippen LogP contribution >= 0.6 is 11.8 Å². The van der Waals surface area contributed by atoms with E-state index in [0.29, 0.717) is 5.56 Å². The van der Waals surface area contributed by atoms with Gasteiger partial charge in [0.15, 0.2) is 0 Å². The van der Waals surface area contributed by atoms with Crippen molar-refractivity contribution in [2.24, 2.45) is 0 Å². The highest BCUT2D eigenvalue weighted by Crippen LogP contribution is 2.19. The number of benzene rings is 1. The van der Waals surface area contributed by atoms with E-state index in [-0.39, 0.29) is 19.1 Å². The number of hydrogen-bond acceptors (Lipinski definition) is 4. The number of methoxy groups -OCH3 is 1. The Balaban J connectivity index is 2.58. The molecule has 94 valence electrons. The predicted molar refractivity (Wildman–Crippen MR) is 68.4 cm³/mol. The molecule has 1 atom stereocenters. The third-order valence-electron chi connectivity index (χ3n) is 2.21. The molecular formula is C12H17NO3S. The molecule has 1 rings (SSSR count). The minimum absolute atomic E-state index is 0.176. The predicted octanol–water partition coefficient (Wildman–Crippen LogP) is 1.15. The Morgan fingerprint density at radius 2 is 2.24 bits per heavy atom. The first-order valence-electron chi connectivity index (χ1n) is 5.27. The Morgan fingerprint density at radius 1 is 1.53 bits per heavy atom. The van der Waals surface area contributed by atoms with Crippen molar-refractivity contribution >= 4 is 17.7 Å². The van der Waals surface area contributed by atoms with Crippen molar-refractivity contribution in [1.82, 2.24) is 5.32 Å². The highest BCUT2D eigenvalue weighted by Gasteiger charge is 2.11. The van der Waals surface area contributed by atoms with Gasteiger partial charge in [-0.3, -0.25) is 4.79 Å². The van der Waals surface area contributed by atoms with Gasteiger partial charge in [0.1, 0.15) is 0 Å². The highest BCUT2D eigenvalue weighted by atomic mass is 32.2. The van der Waals surface area contributed by atoms with Crippen molar-refractivity contribution in [2.45, 2.75) is 11.0 Å². The molecule has 1 amide bonds. The second-order valence-electron chi connectivity index (χ2n) is 3.52. The molecule has 0 saturated heterocycles. The van der Waals surface area contributed by atoms with Crippen molar-refractivity contribution in [2.75, 3.05) is 26.5 Å². The van der Waals surface area contributed by atoms with E-state index >= 15 is 0 Å². The molecular weight excluding hydrogens is 238 g/mol. The standard InChI is InChI=1S/C12H17NO3S/c1-16-8-9(14)7-13-12(15)10-5-3-4-6-11(10)17-2/h3-6,9,14H,7-8H2,1-2H3,(H,13,15). The van der Waals surface area contributed by atoms with Crippen LogP contribution in [0.25, 0.3) is 0 Å². The van der Waals surface area contributed by atoms with Gasteiger partial charge in [0.05, 0.1) is 18.3 Å². The average molecular weight is 255 g/mol. The largest absolute Gasteiger partial charge is 0.389 e. The van der Waals surface area contributed by atoms with E-state index in [1.54, 1.807) is 6.07 Å².